The Hall–Kier alpha value is -3.11. The second-order valence-electron chi connectivity index (χ2n) is 6.28. The van der Waals surface area contributed by atoms with Crippen molar-refractivity contribution in [2.75, 3.05) is 0 Å². The summed E-state index contributed by atoms with van der Waals surface area (Å²) in [5, 5.41) is 0. The Kier molecular flexibility index (Phi) is 10.6. The van der Waals surface area contributed by atoms with Crippen molar-refractivity contribution in [3.05, 3.63) is 96.8 Å². The predicted octanol–water partition coefficient (Wildman–Crippen LogP) is 3.89. The standard InChI is InChI=1S/2C12H9NO2S.Co/c2*14-10(11-5-3-7-15-11)8-13-9-4-1-2-6-12(9)16;/h2*1-8,16H;/q;;+2/p+4. The predicted molar refractivity (Wildman–Crippen MR) is 136 cm³/mol. The van der Waals surface area contributed by atoms with Crippen molar-refractivity contribution in [2.45, 2.75) is 9.79 Å². The average Bonchev–Trinajstić information content (AvgIpc) is 3.53. The first-order valence-electron chi connectivity index (χ1n) is 9.43. The van der Waals surface area contributed by atoms with Gasteiger partial charge in [0.1, 0.15) is 23.8 Å². The van der Waals surface area contributed by atoms with Gasteiger partial charge in [0.15, 0.2) is 9.79 Å². The van der Waals surface area contributed by atoms with E-state index in [0.717, 1.165) is 21.2 Å². The van der Waals surface area contributed by atoms with Crippen LogP contribution in [0.1, 0.15) is 11.5 Å². The number of aliphatic imine (C=N–C) groups is 2. The molecule has 0 spiro atoms. The summed E-state index contributed by atoms with van der Waals surface area (Å²) in [4.78, 5) is 29.3. The van der Waals surface area contributed by atoms with Crippen LogP contribution in [0.15, 0.2) is 114 Å². The average molecular weight is 526 g/mol. The third-order valence-corrected chi connectivity index (χ3v) is 4.85. The van der Waals surface area contributed by atoms with Crippen molar-refractivity contribution in [1.29, 1.82) is 0 Å². The van der Waals surface area contributed by atoms with Gasteiger partial charge in [0.05, 0.1) is 12.5 Å². The molecule has 0 fully saturated rings. The Balaban J connectivity index is 0.000000227. The van der Waals surface area contributed by atoms with Crippen molar-refractivity contribution < 1.29 is 35.2 Å². The summed E-state index contributed by atoms with van der Waals surface area (Å²) in [5.41, 5.74) is 1.49. The summed E-state index contributed by atoms with van der Waals surface area (Å²) in [7, 11) is 0. The normalized spacial score (nSPS) is 10.5. The van der Waals surface area contributed by atoms with Gasteiger partial charge in [0, 0.05) is 0 Å². The summed E-state index contributed by atoms with van der Waals surface area (Å²) >= 11 is 6.84. The monoisotopic (exact) mass is 525 g/mol. The molecule has 0 aliphatic heterocycles. The maximum atomic E-state index is 9.62. The van der Waals surface area contributed by atoms with Crippen molar-refractivity contribution in [1.82, 2.24) is 0 Å². The second-order valence-corrected chi connectivity index (χ2v) is 7.35. The van der Waals surface area contributed by atoms with Crippen LogP contribution in [0.25, 0.3) is 0 Å². The fourth-order valence-electron chi connectivity index (χ4n) is 2.41. The molecule has 2 N–H and O–H groups in total. The van der Waals surface area contributed by atoms with E-state index in [0.29, 0.717) is 11.5 Å². The van der Waals surface area contributed by atoms with Crippen LogP contribution in [-0.4, -0.2) is 33.6 Å². The van der Waals surface area contributed by atoms with Crippen LogP contribution in [0.3, 0.4) is 0 Å². The molecule has 2 heterocycles. The number of hydrogen-bond acceptors (Lipinski definition) is 4. The molecule has 167 valence electrons. The molecule has 0 bridgehead atoms. The zero-order valence-corrected chi connectivity index (χ0v) is 20.2. The van der Waals surface area contributed by atoms with Gasteiger partial charge in [-0.2, -0.15) is 0 Å². The molecule has 2 aromatic carbocycles. The third-order valence-electron chi connectivity index (χ3n) is 4.01. The quantitative estimate of drug-likeness (QED) is 0.217. The van der Waals surface area contributed by atoms with Gasteiger partial charge in [-0.05, 0) is 73.8 Å². The van der Waals surface area contributed by atoms with E-state index in [1.807, 2.05) is 48.5 Å². The number of carbonyl (C=O) groups excluding carboxylic acids is 2. The van der Waals surface area contributed by atoms with Crippen LogP contribution < -0.4 is 0 Å². The minimum Gasteiger partial charge on any atom is -0.455 e. The van der Waals surface area contributed by atoms with Gasteiger partial charge in [-0.15, -0.1) is 0 Å². The van der Waals surface area contributed by atoms with Crippen molar-refractivity contribution in [3.63, 3.8) is 0 Å². The van der Waals surface area contributed by atoms with Crippen molar-refractivity contribution in [3.8, 4) is 0 Å². The van der Waals surface area contributed by atoms with Crippen LogP contribution in [0.2, 0.25) is 0 Å². The first-order valence-corrected chi connectivity index (χ1v) is 10.4. The molecule has 0 atom stereocenters. The Labute approximate surface area is 211 Å². The summed E-state index contributed by atoms with van der Waals surface area (Å²) in [6.45, 7) is 0. The Morgan fingerprint density at radius 1 is 0.636 bits per heavy atom. The fraction of sp³-hybridized carbons (Fsp3) is 0. The van der Waals surface area contributed by atoms with Gasteiger partial charge >= 0.3 is 28.3 Å². The summed E-state index contributed by atoms with van der Waals surface area (Å²) in [6.07, 6.45) is 5.71. The molecule has 0 saturated heterocycles. The first-order chi connectivity index (χ1) is 15.5. The summed E-state index contributed by atoms with van der Waals surface area (Å²) in [6, 6.07) is 21.7. The van der Waals surface area contributed by atoms with Crippen LogP contribution in [0, 0.1) is 0 Å². The Morgan fingerprint density at radius 2 is 1.03 bits per heavy atom. The topological polar surface area (TPSA) is 93.8 Å². The molecule has 0 saturated carbocycles. The minimum atomic E-state index is -0.0000743. The Bertz CT molecular complexity index is 1140. The number of para-hydroxylation sites is 2. The van der Waals surface area contributed by atoms with E-state index in [1.165, 1.54) is 25.0 Å². The number of ketones is 2. The molecular formula is C24H22CoN2O4S2+6. The van der Waals surface area contributed by atoms with E-state index in [2.05, 4.69) is 35.2 Å². The van der Waals surface area contributed by atoms with Gasteiger partial charge in [0.25, 0.3) is 0 Å². The second kappa shape index (κ2) is 13.4. The molecule has 0 unspecified atom stereocenters. The molecule has 4 aromatic rings. The van der Waals surface area contributed by atoms with Crippen LogP contribution >= 0.6 is 0 Å². The van der Waals surface area contributed by atoms with E-state index in [-0.39, 0.29) is 28.3 Å². The Morgan fingerprint density at radius 3 is 1.36 bits per heavy atom. The number of benzene rings is 2. The van der Waals surface area contributed by atoms with Crippen molar-refractivity contribution in [2.24, 2.45) is 9.98 Å². The number of hydrogen-bond donors (Lipinski definition) is 0. The first kappa shape index (κ1) is 26.1. The van der Waals surface area contributed by atoms with Crippen LogP contribution in [-0.2, 0) is 42.0 Å². The molecule has 33 heavy (non-hydrogen) atoms. The zero-order chi connectivity index (χ0) is 22.8. The van der Waals surface area contributed by atoms with Crippen LogP contribution in [0.4, 0.5) is 11.4 Å². The zero-order valence-electron chi connectivity index (χ0n) is 17.2. The fourth-order valence-corrected chi connectivity index (χ4v) is 2.90. The van der Waals surface area contributed by atoms with Crippen LogP contribution in [0.5, 0.6) is 0 Å². The van der Waals surface area contributed by atoms with E-state index in [4.69, 9.17) is 8.83 Å². The number of rotatable bonds is 6. The number of nitrogens with zero attached hydrogens (tertiary/aromatic N) is 2. The molecule has 6 nitrogen and oxygen atoms in total. The molecule has 2 aromatic heterocycles. The summed E-state index contributed by atoms with van der Waals surface area (Å²) in [5.74, 6) is 0.797. The molecule has 0 amide bonds. The molecule has 0 aliphatic carbocycles. The maximum absolute atomic E-state index is 9.62. The minimum absolute atomic E-state index is 0. The van der Waals surface area contributed by atoms with E-state index in [9.17, 15) is 9.59 Å². The smallest absolute Gasteiger partial charge is 0.455 e. The number of furan rings is 2. The van der Waals surface area contributed by atoms with E-state index in [1.54, 1.807) is 24.3 Å². The largest absolute Gasteiger partial charge is 2.00 e. The molecular weight excluding hydrogens is 503 g/mol. The molecule has 0 aliphatic rings. The van der Waals surface area contributed by atoms with Gasteiger partial charge < -0.3 is 8.83 Å². The van der Waals surface area contributed by atoms with Gasteiger partial charge in [-0.3, -0.25) is 9.59 Å². The van der Waals surface area contributed by atoms with Gasteiger partial charge in [0.2, 0.25) is 11.5 Å². The van der Waals surface area contributed by atoms with E-state index < -0.39 is 0 Å². The maximum Gasteiger partial charge on any atom is 2.00 e. The summed E-state index contributed by atoms with van der Waals surface area (Å²) < 4.78 is 10.0. The van der Waals surface area contributed by atoms with Gasteiger partial charge in [-0.1, -0.05) is 24.3 Å². The molecule has 9 heteroatoms. The van der Waals surface area contributed by atoms with E-state index >= 15 is 0 Å². The third kappa shape index (κ3) is 8.06. The van der Waals surface area contributed by atoms with Crippen molar-refractivity contribution >= 4 is 60.6 Å². The van der Waals surface area contributed by atoms with Gasteiger partial charge in [-0.25, -0.2) is 9.98 Å². The molecule has 1 radical (unpaired) electrons. The molecule has 4 rings (SSSR count). The SMILES string of the molecule is [Co+2].[OH+]=C(C=Nc1ccccc1[SH2+])c1ccco1.[OH+]=C(C=Nc1ccccc1[SH2+])c1ccco1.